The predicted octanol–water partition coefficient (Wildman–Crippen LogP) is 0.679. The van der Waals surface area contributed by atoms with Gasteiger partial charge in [0.25, 0.3) is 0 Å². The van der Waals surface area contributed by atoms with Crippen molar-refractivity contribution in [1.29, 1.82) is 5.26 Å². The van der Waals surface area contributed by atoms with Crippen molar-refractivity contribution < 1.29 is 13.2 Å². The lowest BCUT2D eigenvalue weighted by molar-refractivity contribution is 0.379. The zero-order valence-electron chi connectivity index (χ0n) is 11.2. The van der Waals surface area contributed by atoms with E-state index in [4.69, 9.17) is 15.7 Å². The summed E-state index contributed by atoms with van der Waals surface area (Å²) in [4.78, 5) is 0.0827. The van der Waals surface area contributed by atoms with Crippen LogP contribution in [0.4, 0.5) is 0 Å². The molecule has 0 spiro atoms. The lowest BCUT2D eigenvalue weighted by atomic mass is 10.2. The molecule has 0 bridgehead atoms. The van der Waals surface area contributed by atoms with Gasteiger partial charge in [-0.25, -0.2) is 8.42 Å². The van der Waals surface area contributed by atoms with Crippen molar-refractivity contribution in [2.45, 2.75) is 23.8 Å². The number of methoxy groups -OCH3 is 1. The van der Waals surface area contributed by atoms with Crippen LogP contribution in [-0.2, 0) is 10.0 Å². The molecule has 1 heterocycles. The van der Waals surface area contributed by atoms with Gasteiger partial charge in [0.2, 0.25) is 10.0 Å². The lowest BCUT2D eigenvalue weighted by Crippen LogP contribution is -2.39. The first-order valence-corrected chi connectivity index (χ1v) is 7.78. The molecule has 1 unspecified atom stereocenters. The fourth-order valence-corrected chi connectivity index (χ4v) is 4.28. The van der Waals surface area contributed by atoms with Crippen molar-refractivity contribution in [1.82, 2.24) is 4.31 Å². The predicted molar refractivity (Wildman–Crippen MR) is 73.7 cm³/mol. The smallest absolute Gasteiger partial charge is 0.247 e. The second-order valence-corrected chi connectivity index (χ2v) is 6.48. The Kier molecular flexibility index (Phi) is 4.28. The van der Waals surface area contributed by atoms with E-state index in [1.54, 1.807) is 0 Å². The standard InChI is InChI=1S/C13H17N3O3S/c1-19-12-7-10(8-14)4-5-13(12)20(17,18)16-6-2-3-11(16)9-15/h4-5,7,11H,2-3,6,9,15H2,1H3. The highest BCUT2D eigenvalue weighted by Crippen LogP contribution is 2.31. The second-order valence-electron chi connectivity index (χ2n) is 4.62. The minimum atomic E-state index is -3.65. The average molecular weight is 295 g/mol. The molecule has 2 rings (SSSR count). The Bertz CT molecular complexity index is 637. The van der Waals surface area contributed by atoms with Crippen LogP contribution in [0.3, 0.4) is 0 Å². The third kappa shape index (κ3) is 2.50. The van der Waals surface area contributed by atoms with E-state index in [9.17, 15) is 8.42 Å². The van der Waals surface area contributed by atoms with Crippen molar-refractivity contribution in [2.24, 2.45) is 5.73 Å². The monoisotopic (exact) mass is 295 g/mol. The molecule has 2 N–H and O–H groups in total. The molecule has 108 valence electrons. The Labute approximate surface area is 118 Å². The maximum absolute atomic E-state index is 12.7. The number of benzene rings is 1. The molecular formula is C13H17N3O3S. The summed E-state index contributed by atoms with van der Waals surface area (Å²) in [6.07, 6.45) is 1.58. The summed E-state index contributed by atoms with van der Waals surface area (Å²) >= 11 is 0. The minimum Gasteiger partial charge on any atom is -0.495 e. The normalized spacial score (nSPS) is 19.8. The van der Waals surface area contributed by atoms with Gasteiger partial charge in [-0.2, -0.15) is 9.57 Å². The SMILES string of the molecule is COc1cc(C#N)ccc1S(=O)(=O)N1CCCC1CN. The molecule has 1 atom stereocenters. The summed E-state index contributed by atoms with van der Waals surface area (Å²) < 4.78 is 31.9. The number of sulfonamides is 1. The van der Waals surface area contributed by atoms with Gasteiger partial charge in [-0.15, -0.1) is 0 Å². The summed E-state index contributed by atoms with van der Waals surface area (Å²) in [6.45, 7) is 0.769. The molecule has 1 aromatic rings. The van der Waals surface area contributed by atoms with Gasteiger partial charge < -0.3 is 10.5 Å². The fourth-order valence-electron chi connectivity index (χ4n) is 2.44. The van der Waals surface area contributed by atoms with E-state index in [0.29, 0.717) is 18.7 Å². The highest BCUT2D eigenvalue weighted by molar-refractivity contribution is 7.89. The zero-order chi connectivity index (χ0) is 14.8. The summed E-state index contributed by atoms with van der Waals surface area (Å²) in [6, 6.07) is 6.12. The van der Waals surface area contributed by atoms with Gasteiger partial charge in [0.05, 0.1) is 18.7 Å². The summed E-state index contributed by atoms with van der Waals surface area (Å²) in [5.74, 6) is 0.187. The topological polar surface area (TPSA) is 96.4 Å². The second kappa shape index (κ2) is 5.79. The number of nitrogens with zero attached hydrogens (tertiary/aromatic N) is 2. The zero-order valence-corrected chi connectivity index (χ0v) is 12.1. The van der Waals surface area contributed by atoms with E-state index in [2.05, 4.69) is 0 Å². The van der Waals surface area contributed by atoms with Crippen LogP contribution in [0.2, 0.25) is 0 Å². The number of nitriles is 1. The summed E-state index contributed by atoms with van der Waals surface area (Å²) in [5, 5.41) is 8.86. The molecule has 1 saturated heterocycles. The van der Waals surface area contributed by atoms with Crippen LogP contribution in [0.1, 0.15) is 18.4 Å². The molecule has 0 aromatic heterocycles. The molecule has 0 radical (unpaired) electrons. The van der Waals surface area contributed by atoms with Crippen LogP contribution in [0.25, 0.3) is 0 Å². The first-order valence-electron chi connectivity index (χ1n) is 6.34. The largest absolute Gasteiger partial charge is 0.495 e. The number of ether oxygens (including phenoxy) is 1. The molecule has 0 saturated carbocycles. The van der Waals surface area contributed by atoms with E-state index in [-0.39, 0.29) is 16.7 Å². The Morgan fingerprint density at radius 2 is 2.30 bits per heavy atom. The molecular weight excluding hydrogens is 278 g/mol. The molecule has 1 aliphatic rings. The molecule has 0 aliphatic carbocycles. The molecule has 1 aliphatic heterocycles. The van der Waals surface area contributed by atoms with Gasteiger partial charge in [-0.3, -0.25) is 0 Å². The number of hydrogen-bond acceptors (Lipinski definition) is 5. The van der Waals surface area contributed by atoms with Gasteiger partial charge in [-0.05, 0) is 31.0 Å². The quantitative estimate of drug-likeness (QED) is 0.881. The number of rotatable bonds is 4. The van der Waals surface area contributed by atoms with Gasteiger partial charge in [0, 0.05) is 19.1 Å². The minimum absolute atomic E-state index is 0.0827. The Morgan fingerprint density at radius 1 is 1.55 bits per heavy atom. The van der Waals surface area contributed by atoms with Crippen molar-refractivity contribution in [3.63, 3.8) is 0 Å². The van der Waals surface area contributed by atoms with Crippen LogP contribution in [0.5, 0.6) is 5.75 Å². The maximum atomic E-state index is 12.7. The van der Waals surface area contributed by atoms with Crippen molar-refractivity contribution in [3.8, 4) is 11.8 Å². The van der Waals surface area contributed by atoms with Crippen molar-refractivity contribution >= 4 is 10.0 Å². The van der Waals surface area contributed by atoms with Crippen LogP contribution in [0, 0.1) is 11.3 Å². The highest BCUT2D eigenvalue weighted by Gasteiger charge is 2.36. The van der Waals surface area contributed by atoms with Gasteiger partial charge in [0.1, 0.15) is 10.6 Å². The van der Waals surface area contributed by atoms with Crippen molar-refractivity contribution in [2.75, 3.05) is 20.2 Å². The van der Waals surface area contributed by atoms with Crippen LogP contribution in [0.15, 0.2) is 23.1 Å². The Hall–Kier alpha value is -1.62. The molecule has 1 fully saturated rings. The Morgan fingerprint density at radius 3 is 2.90 bits per heavy atom. The summed E-state index contributed by atoms with van der Waals surface area (Å²) in [7, 11) is -2.26. The maximum Gasteiger partial charge on any atom is 0.247 e. The lowest BCUT2D eigenvalue weighted by Gasteiger charge is -2.23. The molecule has 6 nitrogen and oxygen atoms in total. The average Bonchev–Trinajstić information content (AvgIpc) is 2.95. The van der Waals surface area contributed by atoms with Crippen LogP contribution >= 0.6 is 0 Å². The van der Waals surface area contributed by atoms with E-state index in [0.717, 1.165) is 12.8 Å². The number of hydrogen-bond donors (Lipinski definition) is 1. The van der Waals surface area contributed by atoms with E-state index >= 15 is 0 Å². The third-order valence-electron chi connectivity index (χ3n) is 3.47. The molecule has 0 amide bonds. The molecule has 1 aromatic carbocycles. The summed E-state index contributed by atoms with van der Waals surface area (Å²) in [5.41, 5.74) is 5.99. The van der Waals surface area contributed by atoms with Gasteiger partial charge in [0.15, 0.2) is 0 Å². The van der Waals surface area contributed by atoms with E-state index < -0.39 is 10.0 Å². The molecule has 20 heavy (non-hydrogen) atoms. The van der Waals surface area contributed by atoms with Gasteiger partial charge in [-0.1, -0.05) is 0 Å². The third-order valence-corrected chi connectivity index (χ3v) is 5.47. The molecule has 7 heteroatoms. The fraction of sp³-hybridized carbons (Fsp3) is 0.462. The first kappa shape index (κ1) is 14.8. The Balaban J connectivity index is 2.47. The number of nitrogens with two attached hydrogens (primary N) is 1. The first-order chi connectivity index (χ1) is 9.54. The van der Waals surface area contributed by atoms with Crippen LogP contribution in [-0.4, -0.2) is 39.0 Å². The van der Waals surface area contributed by atoms with E-state index in [1.165, 1.54) is 29.6 Å². The van der Waals surface area contributed by atoms with E-state index in [1.807, 2.05) is 6.07 Å². The van der Waals surface area contributed by atoms with Crippen molar-refractivity contribution in [3.05, 3.63) is 23.8 Å². The van der Waals surface area contributed by atoms with Crippen LogP contribution < -0.4 is 10.5 Å². The van der Waals surface area contributed by atoms with Gasteiger partial charge >= 0.3 is 0 Å². The highest BCUT2D eigenvalue weighted by atomic mass is 32.2.